The number of hydrogen-bond acceptors (Lipinski definition) is 7. The van der Waals surface area contributed by atoms with Gasteiger partial charge in [-0.1, -0.05) is 11.8 Å². The Morgan fingerprint density at radius 3 is 2.50 bits per heavy atom. The minimum absolute atomic E-state index is 0.0407. The Balaban J connectivity index is 1.61. The van der Waals surface area contributed by atoms with Crippen molar-refractivity contribution in [2.45, 2.75) is 38.8 Å². The van der Waals surface area contributed by atoms with Crippen molar-refractivity contribution in [3.8, 4) is 10.6 Å². The average Bonchev–Trinajstić information content (AvgIpc) is 3.22. The van der Waals surface area contributed by atoms with Gasteiger partial charge in [-0.3, -0.25) is 4.79 Å². The van der Waals surface area contributed by atoms with E-state index in [9.17, 15) is 4.79 Å². The van der Waals surface area contributed by atoms with Crippen molar-refractivity contribution >= 4 is 45.5 Å². The first-order valence-corrected chi connectivity index (χ1v) is 11.1. The Labute approximate surface area is 165 Å². The van der Waals surface area contributed by atoms with Gasteiger partial charge in [0.2, 0.25) is 5.91 Å². The van der Waals surface area contributed by atoms with E-state index in [1.54, 1.807) is 11.3 Å². The smallest absolute Gasteiger partial charge is 0.226 e. The number of carbonyl (C=O) groups excluding carboxylic acids is 1. The van der Waals surface area contributed by atoms with Gasteiger partial charge in [0.15, 0.2) is 10.3 Å². The third kappa shape index (κ3) is 4.49. The van der Waals surface area contributed by atoms with Gasteiger partial charge >= 0.3 is 0 Å². The predicted molar refractivity (Wildman–Crippen MR) is 110 cm³/mol. The van der Waals surface area contributed by atoms with Crippen molar-refractivity contribution in [1.29, 1.82) is 0 Å². The molecule has 1 N–H and O–H groups in total. The highest BCUT2D eigenvalue weighted by Gasteiger charge is 2.13. The SMILES string of the molecule is CSc1nc(C)c(CCC(=O)Nc2nc(-c3ccc(C)s3)cs2)c(C)n1. The van der Waals surface area contributed by atoms with Crippen molar-refractivity contribution in [3.63, 3.8) is 0 Å². The van der Waals surface area contributed by atoms with Crippen LogP contribution in [0.25, 0.3) is 10.6 Å². The van der Waals surface area contributed by atoms with E-state index in [0.717, 1.165) is 32.7 Å². The molecule has 26 heavy (non-hydrogen) atoms. The van der Waals surface area contributed by atoms with Crippen LogP contribution in [0, 0.1) is 20.8 Å². The quantitative estimate of drug-likeness (QED) is 0.468. The zero-order valence-electron chi connectivity index (χ0n) is 15.1. The van der Waals surface area contributed by atoms with Crippen LogP contribution in [-0.4, -0.2) is 27.1 Å². The molecule has 0 unspecified atom stereocenters. The van der Waals surface area contributed by atoms with Crippen LogP contribution in [0.15, 0.2) is 22.7 Å². The maximum absolute atomic E-state index is 12.3. The largest absolute Gasteiger partial charge is 0.302 e. The number of amides is 1. The van der Waals surface area contributed by atoms with Gasteiger partial charge < -0.3 is 5.32 Å². The number of aryl methyl sites for hydroxylation is 3. The summed E-state index contributed by atoms with van der Waals surface area (Å²) < 4.78 is 0. The molecule has 5 nitrogen and oxygen atoms in total. The van der Waals surface area contributed by atoms with Gasteiger partial charge in [-0.2, -0.15) is 0 Å². The van der Waals surface area contributed by atoms with Gasteiger partial charge in [-0.05, 0) is 51.1 Å². The highest BCUT2D eigenvalue weighted by molar-refractivity contribution is 7.98. The number of nitrogens with zero attached hydrogens (tertiary/aromatic N) is 3. The van der Waals surface area contributed by atoms with Gasteiger partial charge in [-0.25, -0.2) is 15.0 Å². The number of thiophene rings is 1. The van der Waals surface area contributed by atoms with Crippen LogP contribution in [0.2, 0.25) is 0 Å². The standard InChI is InChI=1S/C18H20N4OS3/c1-10-5-7-15(26-10)14-9-25-18(21-14)22-16(23)8-6-13-11(2)19-17(24-4)20-12(13)3/h5,7,9H,6,8H2,1-4H3,(H,21,22,23). The van der Waals surface area contributed by atoms with Crippen LogP contribution in [0.3, 0.4) is 0 Å². The van der Waals surface area contributed by atoms with Crippen molar-refractivity contribution in [3.05, 3.63) is 39.3 Å². The molecule has 0 radical (unpaired) electrons. The number of hydrogen-bond donors (Lipinski definition) is 1. The van der Waals surface area contributed by atoms with Crippen LogP contribution in [-0.2, 0) is 11.2 Å². The average molecular weight is 405 g/mol. The summed E-state index contributed by atoms with van der Waals surface area (Å²) in [4.78, 5) is 28.1. The predicted octanol–water partition coefficient (Wildman–Crippen LogP) is 4.88. The Hall–Kier alpha value is -1.77. The Bertz CT molecular complexity index is 909. The number of rotatable bonds is 6. The minimum Gasteiger partial charge on any atom is -0.302 e. The highest BCUT2D eigenvalue weighted by Crippen LogP contribution is 2.30. The number of nitrogens with one attached hydrogen (secondary N) is 1. The molecule has 0 aliphatic heterocycles. The lowest BCUT2D eigenvalue weighted by atomic mass is 10.1. The van der Waals surface area contributed by atoms with Crippen molar-refractivity contribution in [2.75, 3.05) is 11.6 Å². The van der Waals surface area contributed by atoms with E-state index < -0.39 is 0 Å². The molecule has 0 aliphatic rings. The maximum atomic E-state index is 12.3. The van der Waals surface area contributed by atoms with Gasteiger partial charge in [0.1, 0.15) is 0 Å². The summed E-state index contributed by atoms with van der Waals surface area (Å²) in [7, 11) is 0. The second-order valence-corrected chi connectivity index (χ2v) is 8.78. The summed E-state index contributed by atoms with van der Waals surface area (Å²) in [6.07, 6.45) is 2.97. The summed E-state index contributed by atoms with van der Waals surface area (Å²) in [5.74, 6) is -0.0407. The minimum atomic E-state index is -0.0407. The molecule has 3 aromatic heterocycles. The number of aromatic nitrogens is 3. The van der Waals surface area contributed by atoms with E-state index in [1.165, 1.54) is 28.0 Å². The lowest BCUT2D eigenvalue weighted by Gasteiger charge is -2.09. The molecule has 136 valence electrons. The van der Waals surface area contributed by atoms with E-state index >= 15 is 0 Å². The Kier molecular flexibility index (Phi) is 6.05. The topological polar surface area (TPSA) is 67.8 Å². The number of carbonyl (C=O) groups is 1. The molecule has 0 bridgehead atoms. The third-order valence-electron chi connectivity index (χ3n) is 3.93. The van der Waals surface area contributed by atoms with E-state index in [2.05, 4.69) is 39.3 Å². The highest BCUT2D eigenvalue weighted by atomic mass is 32.2. The molecular weight excluding hydrogens is 384 g/mol. The summed E-state index contributed by atoms with van der Waals surface area (Å²) in [6, 6.07) is 4.14. The lowest BCUT2D eigenvalue weighted by Crippen LogP contribution is -2.13. The number of thiazole rings is 1. The van der Waals surface area contributed by atoms with Crippen LogP contribution in [0.1, 0.15) is 28.2 Å². The fourth-order valence-corrected chi connectivity index (χ4v) is 4.68. The first kappa shape index (κ1) is 19.0. The monoisotopic (exact) mass is 404 g/mol. The molecule has 0 fully saturated rings. The second kappa shape index (κ2) is 8.28. The van der Waals surface area contributed by atoms with Crippen LogP contribution in [0.5, 0.6) is 0 Å². The maximum Gasteiger partial charge on any atom is 0.226 e. The molecule has 0 spiro atoms. The Morgan fingerprint density at radius 1 is 1.15 bits per heavy atom. The fourth-order valence-electron chi connectivity index (χ4n) is 2.60. The third-order valence-corrected chi connectivity index (χ3v) is 6.26. The van der Waals surface area contributed by atoms with E-state index in [4.69, 9.17) is 0 Å². The normalized spacial score (nSPS) is 10.9. The van der Waals surface area contributed by atoms with E-state index in [-0.39, 0.29) is 5.91 Å². The number of anilines is 1. The first-order valence-electron chi connectivity index (χ1n) is 8.16. The molecule has 3 aromatic rings. The van der Waals surface area contributed by atoms with Crippen LogP contribution >= 0.6 is 34.4 Å². The summed E-state index contributed by atoms with van der Waals surface area (Å²) in [5, 5.41) is 6.28. The van der Waals surface area contributed by atoms with Gasteiger partial charge in [0.05, 0.1) is 10.6 Å². The molecule has 0 saturated heterocycles. The van der Waals surface area contributed by atoms with Crippen LogP contribution in [0.4, 0.5) is 5.13 Å². The molecular formula is C18H20N4OS3. The van der Waals surface area contributed by atoms with Gasteiger partial charge in [0.25, 0.3) is 0 Å². The first-order chi connectivity index (χ1) is 12.5. The van der Waals surface area contributed by atoms with Crippen molar-refractivity contribution < 1.29 is 4.79 Å². The molecule has 0 saturated carbocycles. The summed E-state index contributed by atoms with van der Waals surface area (Å²) in [5.41, 5.74) is 3.85. The Morgan fingerprint density at radius 2 is 1.88 bits per heavy atom. The van der Waals surface area contributed by atoms with Gasteiger partial charge in [-0.15, -0.1) is 22.7 Å². The molecule has 1 amide bonds. The van der Waals surface area contributed by atoms with Crippen molar-refractivity contribution in [2.24, 2.45) is 0 Å². The van der Waals surface area contributed by atoms with Gasteiger partial charge in [0, 0.05) is 28.1 Å². The number of thioether (sulfide) groups is 1. The van der Waals surface area contributed by atoms with E-state index in [1.807, 2.05) is 25.5 Å². The molecule has 3 rings (SSSR count). The molecule has 8 heteroatoms. The zero-order valence-corrected chi connectivity index (χ0v) is 17.6. The molecule has 0 aliphatic carbocycles. The summed E-state index contributed by atoms with van der Waals surface area (Å²) >= 11 is 4.68. The lowest BCUT2D eigenvalue weighted by molar-refractivity contribution is -0.116. The molecule has 3 heterocycles. The molecule has 0 aromatic carbocycles. The van der Waals surface area contributed by atoms with E-state index in [0.29, 0.717) is 18.0 Å². The summed E-state index contributed by atoms with van der Waals surface area (Å²) in [6.45, 7) is 6.01. The molecule has 0 atom stereocenters. The fraction of sp³-hybridized carbons (Fsp3) is 0.333. The zero-order chi connectivity index (χ0) is 18.7. The second-order valence-electron chi connectivity index (χ2n) is 5.86. The van der Waals surface area contributed by atoms with Crippen LogP contribution < -0.4 is 5.32 Å². The van der Waals surface area contributed by atoms with Crippen molar-refractivity contribution in [1.82, 2.24) is 15.0 Å².